The lowest BCUT2D eigenvalue weighted by Crippen LogP contribution is -2.50. The van der Waals surface area contributed by atoms with Crippen molar-refractivity contribution in [3.63, 3.8) is 0 Å². The first-order chi connectivity index (χ1) is 10.9. The van der Waals surface area contributed by atoms with Gasteiger partial charge in [-0.2, -0.15) is 0 Å². The number of carbonyl (C=O) groups is 2. The van der Waals surface area contributed by atoms with Gasteiger partial charge in [-0.15, -0.1) is 0 Å². The molecule has 0 aliphatic rings. The van der Waals surface area contributed by atoms with Gasteiger partial charge in [-0.25, -0.2) is 0 Å². The van der Waals surface area contributed by atoms with Crippen molar-refractivity contribution in [2.75, 3.05) is 20.3 Å². The van der Waals surface area contributed by atoms with E-state index in [9.17, 15) is 9.59 Å². The van der Waals surface area contributed by atoms with E-state index in [0.717, 1.165) is 11.3 Å². The normalized spacial score (nSPS) is 13.2. The standard InChI is InChI=1S/C17H25NO5/c1-4-23-14-8-5-13(6-9-14)7-10-15(19)18-17(2,12-22-3)11-16(20)21/h5-6,8-9H,4,7,10-12H2,1-3H3,(H,18,19)(H,20,21). The molecule has 128 valence electrons. The number of benzene rings is 1. The maximum absolute atomic E-state index is 12.1. The number of carboxylic acid groups (broad SMARTS) is 1. The third-order valence-corrected chi connectivity index (χ3v) is 3.32. The third kappa shape index (κ3) is 7.15. The van der Waals surface area contributed by atoms with Gasteiger partial charge in [0.2, 0.25) is 5.91 Å². The summed E-state index contributed by atoms with van der Waals surface area (Å²) in [6.07, 6.45) is 0.677. The molecule has 0 bridgehead atoms. The molecule has 1 aromatic rings. The monoisotopic (exact) mass is 323 g/mol. The van der Waals surface area contributed by atoms with E-state index in [-0.39, 0.29) is 25.4 Å². The van der Waals surface area contributed by atoms with Gasteiger partial charge in [0.05, 0.1) is 25.2 Å². The van der Waals surface area contributed by atoms with E-state index in [0.29, 0.717) is 13.0 Å². The number of aryl methyl sites for hydroxylation is 1. The molecule has 1 atom stereocenters. The number of methoxy groups -OCH3 is 1. The van der Waals surface area contributed by atoms with Crippen molar-refractivity contribution in [3.8, 4) is 5.75 Å². The van der Waals surface area contributed by atoms with Crippen LogP contribution in [0.4, 0.5) is 0 Å². The van der Waals surface area contributed by atoms with E-state index in [1.807, 2.05) is 31.2 Å². The van der Waals surface area contributed by atoms with E-state index >= 15 is 0 Å². The summed E-state index contributed by atoms with van der Waals surface area (Å²) >= 11 is 0. The van der Waals surface area contributed by atoms with E-state index in [1.165, 1.54) is 7.11 Å². The number of aliphatic carboxylic acids is 1. The number of hydrogen-bond donors (Lipinski definition) is 2. The molecule has 2 N–H and O–H groups in total. The van der Waals surface area contributed by atoms with E-state index in [4.69, 9.17) is 14.6 Å². The van der Waals surface area contributed by atoms with Gasteiger partial charge in [0.15, 0.2) is 0 Å². The fraction of sp³-hybridized carbons (Fsp3) is 0.529. The van der Waals surface area contributed by atoms with E-state index in [1.54, 1.807) is 6.92 Å². The van der Waals surface area contributed by atoms with Crippen LogP contribution < -0.4 is 10.1 Å². The highest BCUT2D eigenvalue weighted by Gasteiger charge is 2.29. The van der Waals surface area contributed by atoms with Crippen molar-refractivity contribution in [1.82, 2.24) is 5.32 Å². The molecular formula is C17H25NO5. The van der Waals surface area contributed by atoms with E-state index in [2.05, 4.69) is 5.32 Å². The molecule has 0 spiro atoms. The molecule has 6 nitrogen and oxygen atoms in total. The molecule has 0 aliphatic heterocycles. The Kier molecular flexibility index (Phi) is 7.54. The van der Waals surface area contributed by atoms with Crippen molar-refractivity contribution >= 4 is 11.9 Å². The van der Waals surface area contributed by atoms with Crippen LogP contribution in [0.2, 0.25) is 0 Å². The van der Waals surface area contributed by atoms with Crippen molar-refractivity contribution in [2.24, 2.45) is 0 Å². The Morgan fingerprint density at radius 1 is 1.26 bits per heavy atom. The molecule has 0 aliphatic carbocycles. The van der Waals surface area contributed by atoms with Gasteiger partial charge in [0.1, 0.15) is 5.75 Å². The predicted molar refractivity (Wildman–Crippen MR) is 86.6 cm³/mol. The highest BCUT2D eigenvalue weighted by molar-refractivity contribution is 5.78. The zero-order chi connectivity index (χ0) is 17.3. The van der Waals surface area contributed by atoms with Gasteiger partial charge in [-0.3, -0.25) is 9.59 Å². The SMILES string of the molecule is CCOc1ccc(CCC(=O)NC(C)(COC)CC(=O)O)cc1. The summed E-state index contributed by atoms with van der Waals surface area (Å²) in [4.78, 5) is 23.0. The minimum Gasteiger partial charge on any atom is -0.494 e. The largest absolute Gasteiger partial charge is 0.494 e. The molecule has 0 aromatic heterocycles. The molecule has 6 heteroatoms. The van der Waals surface area contributed by atoms with Crippen molar-refractivity contribution in [1.29, 1.82) is 0 Å². The molecule has 0 radical (unpaired) electrons. The second-order valence-corrected chi connectivity index (χ2v) is 5.69. The molecule has 1 amide bonds. The van der Waals surface area contributed by atoms with Gasteiger partial charge in [0, 0.05) is 13.5 Å². The fourth-order valence-corrected chi connectivity index (χ4v) is 2.36. The minimum absolute atomic E-state index is 0.147. The Morgan fingerprint density at radius 2 is 1.91 bits per heavy atom. The summed E-state index contributed by atoms with van der Waals surface area (Å²) in [6, 6.07) is 7.58. The maximum atomic E-state index is 12.1. The first-order valence-electron chi connectivity index (χ1n) is 7.62. The lowest BCUT2D eigenvalue weighted by atomic mass is 9.98. The van der Waals surface area contributed by atoms with Gasteiger partial charge < -0.3 is 19.9 Å². The van der Waals surface area contributed by atoms with Crippen LogP contribution in [0.15, 0.2) is 24.3 Å². The summed E-state index contributed by atoms with van der Waals surface area (Å²) in [6.45, 7) is 4.35. The Bertz CT molecular complexity index is 514. The molecule has 1 unspecified atom stereocenters. The van der Waals surface area contributed by atoms with Crippen molar-refractivity contribution in [2.45, 2.75) is 38.6 Å². The van der Waals surface area contributed by atoms with Crippen LogP contribution in [0.3, 0.4) is 0 Å². The Balaban J connectivity index is 2.52. The summed E-state index contributed by atoms with van der Waals surface area (Å²) in [5.41, 5.74) is 0.117. The van der Waals surface area contributed by atoms with Crippen LogP contribution in [0, 0.1) is 0 Å². The van der Waals surface area contributed by atoms with E-state index < -0.39 is 11.5 Å². The smallest absolute Gasteiger partial charge is 0.305 e. The third-order valence-electron chi connectivity index (χ3n) is 3.32. The van der Waals surface area contributed by atoms with Gasteiger partial charge >= 0.3 is 5.97 Å². The number of hydrogen-bond acceptors (Lipinski definition) is 4. The van der Waals surface area contributed by atoms with Gasteiger partial charge in [0.25, 0.3) is 0 Å². The number of carboxylic acids is 1. The summed E-state index contributed by atoms with van der Waals surface area (Å²) < 4.78 is 10.4. The average Bonchev–Trinajstić information content (AvgIpc) is 2.46. The Hall–Kier alpha value is -2.08. The second kappa shape index (κ2) is 9.15. The molecule has 23 heavy (non-hydrogen) atoms. The quantitative estimate of drug-likeness (QED) is 0.688. The van der Waals surface area contributed by atoms with Crippen LogP contribution in [0.25, 0.3) is 0 Å². The van der Waals surface area contributed by atoms with Crippen LogP contribution >= 0.6 is 0 Å². The lowest BCUT2D eigenvalue weighted by molar-refractivity contribution is -0.139. The Morgan fingerprint density at radius 3 is 2.43 bits per heavy atom. The first kappa shape index (κ1) is 19.0. The average molecular weight is 323 g/mol. The lowest BCUT2D eigenvalue weighted by Gasteiger charge is -2.28. The molecule has 0 saturated carbocycles. The van der Waals surface area contributed by atoms with Crippen LogP contribution in [-0.4, -0.2) is 42.8 Å². The van der Waals surface area contributed by atoms with Crippen molar-refractivity contribution in [3.05, 3.63) is 29.8 Å². The first-order valence-corrected chi connectivity index (χ1v) is 7.62. The molecular weight excluding hydrogens is 298 g/mol. The maximum Gasteiger partial charge on any atom is 0.305 e. The highest BCUT2D eigenvalue weighted by atomic mass is 16.5. The molecule has 0 saturated heterocycles. The van der Waals surface area contributed by atoms with Crippen molar-refractivity contribution < 1.29 is 24.2 Å². The topological polar surface area (TPSA) is 84.9 Å². The summed E-state index contributed by atoms with van der Waals surface area (Å²) in [5, 5.41) is 11.7. The Labute approximate surface area is 136 Å². The number of nitrogens with one attached hydrogen (secondary N) is 1. The molecule has 0 heterocycles. The highest BCUT2D eigenvalue weighted by Crippen LogP contribution is 2.14. The molecule has 1 aromatic carbocycles. The number of rotatable bonds is 10. The van der Waals surface area contributed by atoms with Crippen LogP contribution in [-0.2, 0) is 20.7 Å². The summed E-state index contributed by atoms with van der Waals surface area (Å²) in [5.74, 6) is -0.370. The summed E-state index contributed by atoms with van der Waals surface area (Å²) in [7, 11) is 1.48. The zero-order valence-electron chi connectivity index (χ0n) is 13.9. The predicted octanol–water partition coefficient (Wildman–Crippen LogP) is 2.01. The molecule has 1 rings (SSSR count). The number of amides is 1. The molecule has 0 fully saturated rings. The van der Waals surface area contributed by atoms with Gasteiger partial charge in [-0.1, -0.05) is 12.1 Å². The van der Waals surface area contributed by atoms with Crippen LogP contribution in [0.5, 0.6) is 5.75 Å². The minimum atomic E-state index is -0.976. The number of ether oxygens (including phenoxy) is 2. The van der Waals surface area contributed by atoms with Gasteiger partial charge in [-0.05, 0) is 38.0 Å². The second-order valence-electron chi connectivity index (χ2n) is 5.69. The number of carbonyl (C=O) groups excluding carboxylic acids is 1. The van der Waals surface area contributed by atoms with Crippen LogP contribution in [0.1, 0.15) is 32.3 Å². The fourth-order valence-electron chi connectivity index (χ4n) is 2.36. The zero-order valence-corrected chi connectivity index (χ0v) is 13.9.